The van der Waals surface area contributed by atoms with Crippen LogP contribution < -0.4 is 4.74 Å². The molecule has 0 bridgehead atoms. The molecule has 0 aromatic carbocycles. The van der Waals surface area contributed by atoms with Gasteiger partial charge in [0.05, 0.1) is 7.11 Å². The largest absolute Gasteiger partial charge is 0.473 e. The molecule has 0 aliphatic carbocycles. The van der Waals surface area contributed by atoms with Gasteiger partial charge in [-0.15, -0.1) is 12.3 Å². The van der Waals surface area contributed by atoms with Gasteiger partial charge in [-0.1, -0.05) is 11.3 Å². The van der Waals surface area contributed by atoms with Crippen molar-refractivity contribution in [3.05, 3.63) is 11.1 Å². The highest BCUT2D eigenvalue weighted by Crippen LogP contribution is 2.20. The van der Waals surface area contributed by atoms with Gasteiger partial charge in [0.25, 0.3) is 5.19 Å². The Morgan fingerprint density at radius 2 is 2.64 bits per heavy atom. The number of hydrogen-bond acceptors (Lipinski definition) is 3. The molecule has 0 aliphatic rings. The van der Waals surface area contributed by atoms with Gasteiger partial charge in [-0.25, -0.2) is 4.98 Å². The molecule has 3 heteroatoms. The third kappa shape index (κ3) is 2.24. The molecule has 0 aliphatic heterocycles. The van der Waals surface area contributed by atoms with Crippen LogP contribution in [0.1, 0.15) is 11.3 Å². The first-order chi connectivity index (χ1) is 5.36. The molecule has 0 spiro atoms. The summed E-state index contributed by atoms with van der Waals surface area (Å²) in [6, 6.07) is 0. The van der Waals surface area contributed by atoms with E-state index >= 15 is 0 Å². The van der Waals surface area contributed by atoms with Crippen molar-refractivity contribution in [1.29, 1.82) is 0 Å². The summed E-state index contributed by atoms with van der Waals surface area (Å²) < 4.78 is 4.93. The molecule has 0 amide bonds. The van der Waals surface area contributed by atoms with Crippen LogP contribution in [-0.2, 0) is 6.42 Å². The maximum absolute atomic E-state index is 5.12. The molecule has 0 radical (unpaired) electrons. The number of ether oxygens (including phenoxy) is 1. The summed E-state index contributed by atoms with van der Waals surface area (Å²) in [5.41, 5.74) is 0. The standard InChI is InChI=1S/C8H9NOS/c1-3-4-5-7-6-9-8(10-2)11-7/h1,6H,4-5H2,2H3. The molecule has 0 saturated carbocycles. The Hall–Kier alpha value is -1.01. The van der Waals surface area contributed by atoms with Gasteiger partial charge in [0.1, 0.15) is 0 Å². The van der Waals surface area contributed by atoms with Crippen molar-refractivity contribution in [3.8, 4) is 17.5 Å². The summed E-state index contributed by atoms with van der Waals surface area (Å²) in [6.07, 6.45) is 8.59. The number of terminal acetylenes is 1. The highest BCUT2D eigenvalue weighted by Gasteiger charge is 1.99. The SMILES string of the molecule is C#CCCc1cnc(OC)s1. The molecular weight excluding hydrogens is 158 g/mol. The Morgan fingerprint density at radius 1 is 1.82 bits per heavy atom. The van der Waals surface area contributed by atoms with Crippen molar-refractivity contribution in [2.75, 3.05) is 7.11 Å². The first-order valence-electron chi connectivity index (χ1n) is 3.29. The Kier molecular flexibility index (Phi) is 2.94. The summed E-state index contributed by atoms with van der Waals surface area (Å²) in [6.45, 7) is 0. The van der Waals surface area contributed by atoms with Crippen molar-refractivity contribution in [2.24, 2.45) is 0 Å². The minimum Gasteiger partial charge on any atom is -0.473 e. The van der Waals surface area contributed by atoms with Crippen LogP contribution in [0.3, 0.4) is 0 Å². The predicted molar refractivity (Wildman–Crippen MR) is 45.8 cm³/mol. The molecule has 1 rings (SSSR count). The van der Waals surface area contributed by atoms with Crippen molar-refractivity contribution < 1.29 is 4.74 Å². The third-order valence-electron chi connectivity index (χ3n) is 1.22. The lowest BCUT2D eigenvalue weighted by Gasteiger charge is -1.87. The van der Waals surface area contributed by atoms with Crippen LogP contribution in [0.25, 0.3) is 0 Å². The summed E-state index contributed by atoms with van der Waals surface area (Å²) in [5.74, 6) is 2.58. The van der Waals surface area contributed by atoms with Crippen LogP contribution >= 0.6 is 11.3 Å². The van der Waals surface area contributed by atoms with Crippen LogP contribution in [0.2, 0.25) is 0 Å². The molecule has 0 unspecified atom stereocenters. The van der Waals surface area contributed by atoms with Crippen molar-refractivity contribution in [2.45, 2.75) is 12.8 Å². The topological polar surface area (TPSA) is 22.1 Å². The van der Waals surface area contributed by atoms with Gasteiger partial charge in [-0.3, -0.25) is 0 Å². The second-order valence-corrected chi connectivity index (χ2v) is 3.08. The summed E-state index contributed by atoms with van der Waals surface area (Å²) in [7, 11) is 1.61. The van der Waals surface area contributed by atoms with Crippen LogP contribution in [0.5, 0.6) is 5.19 Å². The zero-order chi connectivity index (χ0) is 8.10. The highest BCUT2D eigenvalue weighted by atomic mass is 32.1. The van der Waals surface area contributed by atoms with E-state index < -0.39 is 0 Å². The average molecular weight is 167 g/mol. The molecule has 58 valence electrons. The number of aromatic nitrogens is 1. The molecule has 0 fully saturated rings. The van der Waals surface area contributed by atoms with Gasteiger partial charge in [0, 0.05) is 17.5 Å². The number of methoxy groups -OCH3 is 1. The highest BCUT2D eigenvalue weighted by molar-refractivity contribution is 7.13. The van der Waals surface area contributed by atoms with E-state index in [2.05, 4.69) is 10.9 Å². The van der Waals surface area contributed by atoms with Crippen LogP contribution in [0, 0.1) is 12.3 Å². The summed E-state index contributed by atoms with van der Waals surface area (Å²) in [4.78, 5) is 5.20. The summed E-state index contributed by atoms with van der Waals surface area (Å²) >= 11 is 1.54. The lowest BCUT2D eigenvalue weighted by Crippen LogP contribution is -1.76. The van der Waals surface area contributed by atoms with E-state index in [1.807, 2.05) is 0 Å². The Labute approximate surface area is 70.2 Å². The molecule has 1 aromatic heterocycles. The predicted octanol–water partition coefficient (Wildman–Crippen LogP) is 1.72. The molecule has 0 N–H and O–H groups in total. The van der Waals surface area contributed by atoms with Crippen LogP contribution in [0.15, 0.2) is 6.20 Å². The quantitative estimate of drug-likeness (QED) is 0.639. The van der Waals surface area contributed by atoms with Gasteiger partial charge < -0.3 is 4.74 Å². The first kappa shape index (κ1) is 8.09. The smallest absolute Gasteiger partial charge is 0.273 e. The molecule has 11 heavy (non-hydrogen) atoms. The molecule has 1 heterocycles. The second-order valence-electron chi connectivity index (χ2n) is 2.00. The lowest BCUT2D eigenvalue weighted by molar-refractivity contribution is 0.412. The number of aryl methyl sites for hydroxylation is 1. The third-order valence-corrected chi connectivity index (χ3v) is 2.24. The normalized spacial score (nSPS) is 9.09. The molecule has 0 atom stereocenters. The Morgan fingerprint density at radius 3 is 3.18 bits per heavy atom. The van der Waals surface area contributed by atoms with E-state index in [9.17, 15) is 0 Å². The number of hydrogen-bond donors (Lipinski definition) is 0. The molecule has 1 aromatic rings. The van der Waals surface area contributed by atoms with E-state index in [0.29, 0.717) is 5.19 Å². The monoisotopic (exact) mass is 167 g/mol. The van der Waals surface area contributed by atoms with Gasteiger partial charge in [0.2, 0.25) is 0 Å². The minimum absolute atomic E-state index is 0.706. The van der Waals surface area contributed by atoms with E-state index in [0.717, 1.165) is 12.8 Å². The fourth-order valence-electron chi connectivity index (χ4n) is 0.695. The van der Waals surface area contributed by atoms with E-state index in [-0.39, 0.29) is 0 Å². The minimum atomic E-state index is 0.706. The van der Waals surface area contributed by atoms with Gasteiger partial charge in [0.15, 0.2) is 0 Å². The summed E-state index contributed by atoms with van der Waals surface area (Å²) in [5, 5.41) is 0.706. The van der Waals surface area contributed by atoms with E-state index in [1.165, 1.54) is 4.88 Å². The molecular formula is C8H9NOS. The molecule has 2 nitrogen and oxygen atoms in total. The maximum atomic E-state index is 5.12. The van der Waals surface area contributed by atoms with Gasteiger partial charge in [-0.2, -0.15) is 0 Å². The average Bonchev–Trinajstić information content (AvgIpc) is 2.48. The van der Waals surface area contributed by atoms with Crippen LogP contribution in [-0.4, -0.2) is 12.1 Å². The zero-order valence-corrected chi connectivity index (χ0v) is 7.15. The van der Waals surface area contributed by atoms with Crippen molar-refractivity contribution >= 4 is 11.3 Å². The maximum Gasteiger partial charge on any atom is 0.273 e. The van der Waals surface area contributed by atoms with Crippen molar-refractivity contribution in [3.63, 3.8) is 0 Å². The lowest BCUT2D eigenvalue weighted by atomic mass is 10.3. The van der Waals surface area contributed by atoms with Crippen LogP contribution in [0.4, 0.5) is 0 Å². The number of thiazole rings is 1. The molecule has 0 saturated heterocycles. The fraction of sp³-hybridized carbons (Fsp3) is 0.375. The van der Waals surface area contributed by atoms with Crippen molar-refractivity contribution in [1.82, 2.24) is 4.98 Å². The van der Waals surface area contributed by atoms with Gasteiger partial charge >= 0.3 is 0 Å². The fourth-order valence-corrected chi connectivity index (χ4v) is 1.42. The first-order valence-corrected chi connectivity index (χ1v) is 4.10. The van der Waals surface area contributed by atoms with Gasteiger partial charge in [-0.05, 0) is 6.42 Å². The number of rotatable bonds is 3. The number of nitrogens with zero attached hydrogens (tertiary/aromatic N) is 1. The Balaban J connectivity index is 2.53. The van der Waals surface area contributed by atoms with E-state index in [1.54, 1.807) is 24.6 Å². The second kappa shape index (κ2) is 3.99. The Bertz CT molecular complexity index is 261. The van der Waals surface area contributed by atoms with E-state index in [4.69, 9.17) is 11.2 Å². The zero-order valence-electron chi connectivity index (χ0n) is 6.33.